The molecular weight excluding hydrogens is 333 g/mol. The maximum absolute atomic E-state index is 12.9. The number of likely N-dealkylation sites (tertiary alicyclic amines) is 1. The molecule has 1 aromatic carbocycles. The molecule has 1 fully saturated rings. The van der Waals surface area contributed by atoms with Crippen molar-refractivity contribution in [2.45, 2.75) is 19.3 Å². The molecule has 6 heteroatoms. The fourth-order valence-electron chi connectivity index (χ4n) is 3.14. The lowest BCUT2D eigenvalue weighted by molar-refractivity contribution is -0.121. The maximum atomic E-state index is 12.9. The second kappa shape index (κ2) is 8.67. The first kappa shape index (κ1) is 18.2. The van der Waals surface area contributed by atoms with Gasteiger partial charge in [0.15, 0.2) is 5.78 Å². The topological polar surface area (TPSA) is 62.3 Å². The van der Waals surface area contributed by atoms with Crippen LogP contribution in [0.3, 0.4) is 0 Å². The number of carbonyl (C=O) groups is 2. The summed E-state index contributed by atoms with van der Waals surface area (Å²) in [6, 6.07) is 9.20. The van der Waals surface area contributed by atoms with E-state index in [1.165, 1.54) is 24.3 Å². The fourth-order valence-corrected chi connectivity index (χ4v) is 3.14. The number of hydrogen-bond acceptors (Lipinski definition) is 4. The quantitative estimate of drug-likeness (QED) is 0.809. The Kier molecular flexibility index (Phi) is 6.07. The van der Waals surface area contributed by atoms with Crippen LogP contribution in [0.15, 0.2) is 48.8 Å². The normalized spacial score (nSPS) is 15.6. The molecule has 0 spiro atoms. The standard InChI is InChI=1S/C20H22FN3O2/c21-17-3-1-15(2-4-17)19(25)9-14-24-12-7-16(8-13-24)20(26)23-18-5-10-22-11-6-18/h1-6,10-11,16H,7-9,12-14H2,(H,22,23,26). The molecule has 1 aliphatic heterocycles. The maximum Gasteiger partial charge on any atom is 0.227 e. The number of rotatable bonds is 6. The van der Waals surface area contributed by atoms with Gasteiger partial charge < -0.3 is 10.2 Å². The van der Waals surface area contributed by atoms with Crippen LogP contribution in [-0.2, 0) is 4.79 Å². The number of nitrogens with one attached hydrogen (secondary N) is 1. The molecule has 0 aliphatic carbocycles. The molecule has 1 aromatic heterocycles. The third-order valence-corrected chi connectivity index (χ3v) is 4.73. The molecule has 0 bridgehead atoms. The fraction of sp³-hybridized carbons (Fsp3) is 0.350. The summed E-state index contributed by atoms with van der Waals surface area (Å²) < 4.78 is 12.9. The van der Waals surface area contributed by atoms with Crippen LogP contribution < -0.4 is 5.32 Å². The molecule has 26 heavy (non-hydrogen) atoms. The Balaban J connectivity index is 1.41. The lowest BCUT2D eigenvalue weighted by Gasteiger charge is -2.31. The third-order valence-electron chi connectivity index (χ3n) is 4.73. The number of nitrogens with zero attached hydrogens (tertiary/aromatic N) is 2. The van der Waals surface area contributed by atoms with E-state index in [0.717, 1.165) is 31.6 Å². The highest BCUT2D eigenvalue weighted by molar-refractivity contribution is 5.96. The monoisotopic (exact) mass is 355 g/mol. The summed E-state index contributed by atoms with van der Waals surface area (Å²) in [6.45, 7) is 2.26. The number of amides is 1. The Morgan fingerprint density at radius 3 is 2.38 bits per heavy atom. The minimum Gasteiger partial charge on any atom is -0.326 e. The van der Waals surface area contributed by atoms with Crippen LogP contribution in [0.25, 0.3) is 0 Å². The average molecular weight is 355 g/mol. The summed E-state index contributed by atoms with van der Waals surface area (Å²) in [5.41, 5.74) is 1.30. The minimum atomic E-state index is -0.339. The number of carbonyl (C=O) groups excluding carboxylic acids is 2. The van der Waals surface area contributed by atoms with E-state index in [1.807, 2.05) is 0 Å². The van der Waals surface area contributed by atoms with Crippen molar-refractivity contribution in [1.29, 1.82) is 0 Å². The molecule has 0 atom stereocenters. The number of anilines is 1. The van der Waals surface area contributed by atoms with Gasteiger partial charge >= 0.3 is 0 Å². The molecule has 1 saturated heterocycles. The second-order valence-electron chi connectivity index (χ2n) is 6.52. The van der Waals surface area contributed by atoms with E-state index in [2.05, 4.69) is 15.2 Å². The van der Waals surface area contributed by atoms with Gasteiger partial charge in [-0.25, -0.2) is 4.39 Å². The van der Waals surface area contributed by atoms with Gasteiger partial charge in [0.05, 0.1) is 0 Å². The zero-order chi connectivity index (χ0) is 18.4. The van der Waals surface area contributed by atoms with E-state index in [9.17, 15) is 14.0 Å². The number of hydrogen-bond donors (Lipinski definition) is 1. The Hall–Kier alpha value is -2.60. The van der Waals surface area contributed by atoms with Crippen molar-refractivity contribution < 1.29 is 14.0 Å². The summed E-state index contributed by atoms with van der Waals surface area (Å²) in [6.07, 6.45) is 5.26. The largest absolute Gasteiger partial charge is 0.326 e. The predicted molar refractivity (Wildman–Crippen MR) is 97.4 cm³/mol. The first-order valence-electron chi connectivity index (χ1n) is 8.84. The lowest BCUT2D eigenvalue weighted by atomic mass is 9.95. The Morgan fingerprint density at radius 2 is 1.73 bits per heavy atom. The molecule has 3 rings (SSSR count). The number of aromatic nitrogens is 1. The first-order valence-corrected chi connectivity index (χ1v) is 8.84. The number of halogens is 1. The first-order chi connectivity index (χ1) is 12.6. The van der Waals surface area contributed by atoms with Crippen LogP contribution in [0.2, 0.25) is 0 Å². The van der Waals surface area contributed by atoms with Crippen LogP contribution in [0.5, 0.6) is 0 Å². The van der Waals surface area contributed by atoms with Gasteiger partial charge in [0.2, 0.25) is 5.91 Å². The van der Waals surface area contributed by atoms with Gasteiger partial charge in [-0.3, -0.25) is 14.6 Å². The molecule has 1 amide bonds. The summed E-state index contributed by atoms with van der Waals surface area (Å²) >= 11 is 0. The average Bonchev–Trinajstić information content (AvgIpc) is 2.68. The number of pyridine rings is 1. The van der Waals surface area contributed by atoms with Crippen molar-refractivity contribution in [2.24, 2.45) is 5.92 Å². The number of piperidine rings is 1. The molecule has 2 aromatic rings. The molecule has 0 radical (unpaired) electrons. The summed E-state index contributed by atoms with van der Waals surface area (Å²) in [4.78, 5) is 30.6. The predicted octanol–water partition coefficient (Wildman–Crippen LogP) is 3.14. The van der Waals surface area contributed by atoms with Crippen molar-refractivity contribution in [3.63, 3.8) is 0 Å². The highest BCUT2D eigenvalue weighted by atomic mass is 19.1. The van der Waals surface area contributed by atoms with E-state index in [4.69, 9.17) is 0 Å². The van der Waals surface area contributed by atoms with Crippen molar-refractivity contribution in [3.05, 3.63) is 60.2 Å². The van der Waals surface area contributed by atoms with Crippen LogP contribution in [-0.4, -0.2) is 41.2 Å². The van der Waals surface area contributed by atoms with Gasteiger partial charge in [-0.2, -0.15) is 0 Å². The van der Waals surface area contributed by atoms with E-state index >= 15 is 0 Å². The number of ketones is 1. The van der Waals surface area contributed by atoms with Gasteiger partial charge in [0, 0.05) is 42.5 Å². The Bertz CT molecular complexity index is 741. The van der Waals surface area contributed by atoms with Crippen LogP contribution >= 0.6 is 0 Å². The summed E-state index contributed by atoms with van der Waals surface area (Å²) in [5, 5.41) is 2.92. The number of benzene rings is 1. The highest BCUT2D eigenvalue weighted by Crippen LogP contribution is 2.20. The van der Waals surface area contributed by atoms with E-state index < -0.39 is 0 Å². The van der Waals surface area contributed by atoms with E-state index in [0.29, 0.717) is 18.5 Å². The zero-order valence-electron chi connectivity index (χ0n) is 14.5. The van der Waals surface area contributed by atoms with Crippen LogP contribution in [0.4, 0.5) is 10.1 Å². The molecule has 5 nitrogen and oxygen atoms in total. The van der Waals surface area contributed by atoms with Gasteiger partial charge in [0.1, 0.15) is 5.82 Å². The smallest absolute Gasteiger partial charge is 0.227 e. The molecule has 2 heterocycles. The highest BCUT2D eigenvalue weighted by Gasteiger charge is 2.25. The summed E-state index contributed by atoms with van der Waals surface area (Å²) in [5.74, 6) is -0.290. The van der Waals surface area contributed by atoms with Crippen molar-refractivity contribution in [3.8, 4) is 0 Å². The molecule has 136 valence electrons. The van der Waals surface area contributed by atoms with Gasteiger partial charge in [-0.05, 0) is 62.3 Å². The van der Waals surface area contributed by atoms with Gasteiger partial charge in [-0.15, -0.1) is 0 Å². The molecule has 1 aliphatic rings. The SMILES string of the molecule is O=C(CCN1CCC(C(=O)Nc2ccncc2)CC1)c1ccc(F)cc1. The van der Waals surface area contributed by atoms with Crippen LogP contribution in [0, 0.1) is 11.7 Å². The summed E-state index contributed by atoms with van der Waals surface area (Å²) in [7, 11) is 0. The van der Waals surface area contributed by atoms with E-state index in [1.54, 1.807) is 24.5 Å². The Morgan fingerprint density at radius 1 is 1.08 bits per heavy atom. The van der Waals surface area contributed by atoms with Gasteiger partial charge in [0.25, 0.3) is 0 Å². The molecule has 0 unspecified atom stereocenters. The molecule has 0 saturated carbocycles. The molecular formula is C20H22FN3O2. The zero-order valence-corrected chi connectivity index (χ0v) is 14.5. The van der Waals surface area contributed by atoms with Crippen LogP contribution in [0.1, 0.15) is 29.6 Å². The molecule has 1 N–H and O–H groups in total. The minimum absolute atomic E-state index is 0.00721. The Labute approximate surface area is 152 Å². The van der Waals surface area contributed by atoms with E-state index in [-0.39, 0.29) is 23.4 Å². The number of Topliss-reactive ketones (excluding diaryl/α,β-unsaturated/α-hetero) is 1. The van der Waals surface area contributed by atoms with Crippen molar-refractivity contribution >= 4 is 17.4 Å². The second-order valence-corrected chi connectivity index (χ2v) is 6.52. The van der Waals surface area contributed by atoms with Gasteiger partial charge in [-0.1, -0.05) is 0 Å². The van der Waals surface area contributed by atoms with Crippen molar-refractivity contribution in [1.82, 2.24) is 9.88 Å². The lowest BCUT2D eigenvalue weighted by Crippen LogP contribution is -2.39. The van der Waals surface area contributed by atoms with Crippen molar-refractivity contribution in [2.75, 3.05) is 25.0 Å². The third kappa shape index (κ3) is 4.95.